The second kappa shape index (κ2) is 10.6. The van der Waals surface area contributed by atoms with Gasteiger partial charge in [-0.05, 0) is 38.2 Å². The molecular formula is C20H25F2N5O3. The fourth-order valence-electron chi connectivity index (χ4n) is 2.85. The van der Waals surface area contributed by atoms with Crippen LogP contribution in [0.25, 0.3) is 0 Å². The Morgan fingerprint density at radius 3 is 2.57 bits per heavy atom. The maximum absolute atomic E-state index is 12.6. The Hall–Kier alpha value is -3.14. The van der Waals surface area contributed by atoms with Crippen LogP contribution in [0.3, 0.4) is 0 Å². The molecule has 8 nitrogen and oxygen atoms in total. The van der Waals surface area contributed by atoms with E-state index in [1.54, 1.807) is 25.4 Å². The maximum atomic E-state index is 12.6. The lowest BCUT2D eigenvalue weighted by Crippen LogP contribution is -2.36. The molecule has 1 aromatic heterocycles. The third kappa shape index (κ3) is 6.45. The predicted molar refractivity (Wildman–Crippen MR) is 110 cm³/mol. The topological polar surface area (TPSA) is 91.6 Å². The number of likely N-dealkylation sites (N-methyl/N-ethyl adjacent to an activating group) is 2. The Bertz CT molecular complexity index is 867. The van der Waals surface area contributed by atoms with E-state index < -0.39 is 17.3 Å². The van der Waals surface area contributed by atoms with Crippen molar-refractivity contribution in [1.82, 2.24) is 14.8 Å². The van der Waals surface area contributed by atoms with Gasteiger partial charge in [0, 0.05) is 38.0 Å². The minimum Gasteiger partial charge on any atom is -0.371 e. The van der Waals surface area contributed by atoms with Crippen LogP contribution in [0.15, 0.2) is 42.6 Å². The van der Waals surface area contributed by atoms with Gasteiger partial charge in [-0.3, -0.25) is 24.8 Å². The number of pyridine rings is 1. The molecule has 0 radical (unpaired) electrons. The second-order valence-corrected chi connectivity index (χ2v) is 6.99. The number of carbonyl (C=O) groups excluding carboxylic acids is 1. The number of benzene rings is 1. The van der Waals surface area contributed by atoms with E-state index in [4.69, 9.17) is 0 Å². The average Bonchev–Trinajstić information content (AvgIpc) is 2.71. The molecule has 0 fully saturated rings. The third-order valence-electron chi connectivity index (χ3n) is 4.56. The summed E-state index contributed by atoms with van der Waals surface area (Å²) in [5, 5.41) is 14.6. The van der Waals surface area contributed by atoms with E-state index in [9.17, 15) is 23.7 Å². The molecular weight excluding hydrogens is 396 g/mol. The Kier molecular flexibility index (Phi) is 8.16. The van der Waals surface area contributed by atoms with Gasteiger partial charge in [0.25, 0.3) is 18.0 Å². The van der Waals surface area contributed by atoms with E-state index in [2.05, 4.69) is 10.3 Å². The van der Waals surface area contributed by atoms with Crippen molar-refractivity contribution in [2.24, 2.45) is 0 Å². The van der Waals surface area contributed by atoms with E-state index in [-0.39, 0.29) is 42.6 Å². The van der Waals surface area contributed by atoms with E-state index in [0.717, 1.165) is 5.69 Å². The first-order valence-electron chi connectivity index (χ1n) is 9.37. The van der Waals surface area contributed by atoms with Gasteiger partial charge < -0.3 is 10.2 Å². The summed E-state index contributed by atoms with van der Waals surface area (Å²) in [4.78, 5) is 30.6. The summed E-state index contributed by atoms with van der Waals surface area (Å²) in [5.41, 5.74) is 0.914. The van der Waals surface area contributed by atoms with Crippen LogP contribution in [-0.2, 0) is 0 Å². The van der Waals surface area contributed by atoms with Crippen LogP contribution < -0.4 is 5.32 Å². The van der Waals surface area contributed by atoms with Gasteiger partial charge in [0.1, 0.15) is 5.69 Å². The normalized spacial score (nSPS) is 12.1. The molecule has 2 aromatic rings. The van der Waals surface area contributed by atoms with Crippen LogP contribution in [0.5, 0.6) is 0 Å². The number of nitrogens with one attached hydrogen (secondary N) is 1. The van der Waals surface area contributed by atoms with Gasteiger partial charge >= 0.3 is 0 Å². The molecule has 1 atom stereocenters. The zero-order valence-corrected chi connectivity index (χ0v) is 17.1. The number of nitro benzene ring substituents is 1. The molecule has 1 N–H and O–H groups in total. The number of anilines is 1. The molecule has 0 bridgehead atoms. The predicted octanol–water partition coefficient (Wildman–Crippen LogP) is 3.43. The van der Waals surface area contributed by atoms with E-state index >= 15 is 0 Å². The van der Waals surface area contributed by atoms with Crippen molar-refractivity contribution in [2.45, 2.75) is 19.4 Å². The smallest absolute Gasteiger partial charge is 0.293 e. The molecule has 0 aliphatic heterocycles. The number of carbonyl (C=O) groups is 1. The quantitative estimate of drug-likeness (QED) is 0.467. The monoisotopic (exact) mass is 421 g/mol. The molecule has 0 saturated heterocycles. The minimum atomic E-state index is -2.45. The Morgan fingerprint density at radius 1 is 1.23 bits per heavy atom. The molecule has 2 rings (SSSR count). The summed E-state index contributed by atoms with van der Waals surface area (Å²) >= 11 is 0. The number of aromatic nitrogens is 1. The van der Waals surface area contributed by atoms with Crippen molar-refractivity contribution in [2.75, 3.05) is 39.0 Å². The van der Waals surface area contributed by atoms with Crippen molar-refractivity contribution in [1.29, 1.82) is 0 Å². The Balaban J connectivity index is 2.11. The lowest BCUT2D eigenvalue weighted by Gasteiger charge is -2.22. The van der Waals surface area contributed by atoms with Gasteiger partial charge in [0.15, 0.2) is 0 Å². The van der Waals surface area contributed by atoms with Gasteiger partial charge in [0.05, 0.1) is 23.2 Å². The minimum absolute atomic E-state index is 0.150. The first kappa shape index (κ1) is 23.1. The molecule has 0 unspecified atom stereocenters. The summed E-state index contributed by atoms with van der Waals surface area (Å²) in [6.07, 6.45) is -0.815. The number of hydrogen-bond acceptors (Lipinski definition) is 6. The molecule has 0 spiro atoms. The molecule has 162 valence electrons. The fraction of sp³-hybridized carbons (Fsp3) is 0.400. The van der Waals surface area contributed by atoms with Crippen molar-refractivity contribution in [3.63, 3.8) is 0 Å². The van der Waals surface area contributed by atoms with Gasteiger partial charge in [0.2, 0.25) is 0 Å². The molecule has 1 aromatic carbocycles. The number of rotatable bonds is 10. The summed E-state index contributed by atoms with van der Waals surface area (Å²) < 4.78 is 24.8. The van der Waals surface area contributed by atoms with Crippen molar-refractivity contribution >= 4 is 17.3 Å². The second-order valence-electron chi connectivity index (χ2n) is 6.99. The summed E-state index contributed by atoms with van der Waals surface area (Å²) in [6.45, 7) is 1.92. The largest absolute Gasteiger partial charge is 0.371 e. The lowest BCUT2D eigenvalue weighted by atomic mass is 10.1. The number of halogens is 2. The van der Waals surface area contributed by atoms with Gasteiger partial charge in [-0.15, -0.1) is 0 Å². The first-order chi connectivity index (χ1) is 14.2. The maximum Gasteiger partial charge on any atom is 0.293 e. The highest BCUT2D eigenvalue weighted by Gasteiger charge is 2.21. The van der Waals surface area contributed by atoms with Gasteiger partial charge in [-0.25, -0.2) is 8.78 Å². The Morgan fingerprint density at radius 2 is 1.97 bits per heavy atom. The van der Waals surface area contributed by atoms with Crippen molar-refractivity contribution in [3.8, 4) is 0 Å². The number of nitrogens with zero attached hydrogens (tertiary/aromatic N) is 4. The van der Waals surface area contributed by atoms with Crippen LogP contribution in [-0.4, -0.2) is 65.8 Å². The standard InChI is InChI=1S/C20H25F2N5O3/c1-14(16-6-4-5-9-23-16)24-17-8-7-15(12-18(17)27(29)30)20(28)26(3)11-10-25(2)13-19(21)22/h4-9,12,14,19,24H,10-11,13H2,1-3H3/t14-/m1/s1. The summed E-state index contributed by atoms with van der Waals surface area (Å²) in [6, 6.07) is 9.34. The third-order valence-corrected chi connectivity index (χ3v) is 4.56. The summed E-state index contributed by atoms with van der Waals surface area (Å²) in [5.74, 6) is -0.423. The van der Waals surface area contributed by atoms with Crippen molar-refractivity contribution < 1.29 is 18.5 Å². The molecule has 10 heteroatoms. The van der Waals surface area contributed by atoms with Crippen LogP contribution in [0.2, 0.25) is 0 Å². The average molecular weight is 421 g/mol. The van der Waals surface area contributed by atoms with Crippen molar-refractivity contribution in [3.05, 3.63) is 64.0 Å². The number of hydrogen-bond donors (Lipinski definition) is 1. The number of amides is 1. The van der Waals surface area contributed by atoms with E-state index in [1.165, 1.54) is 35.0 Å². The van der Waals surface area contributed by atoms with Gasteiger partial charge in [-0.2, -0.15) is 0 Å². The molecule has 0 aliphatic carbocycles. The highest BCUT2D eigenvalue weighted by atomic mass is 19.3. The fourth-order valence-corrected chi connectivity index (χ4v) is 2.85. The van der Waals surface area contributed by atoms with E-state index in [1.807, 2.05) is 13.0 Å². The zero-order chi connectivity index (χ0) is 22.3. The summed E-state index contributed by atoms with van der Waals surface area (Å²) in [7, 11) is 3.07. The highest BCUT2D eigenvalue weighted by molar-refractivity contribution is 5.95. The molecule has 0 aliphatic rings. The van der Waals surface area contributed by atoms with Crippen LogP contribution in [0.4, 0.5) is 20.2 Å². The molecule has 0 saturated carbocycles. The van der Waals surface area contributed by atoms with E-state index in [0.29, 0.717) is 0 Å². The number of nitro groups is 1. The van der Waals surface area contributed by atoms with Gasteiger partial charge in [-0.1, -0.05) is 6.07 Å². The zero-order valence-electron chi connectivity index (χ0n) is 17.1. The number of alkyl halides is 2. The lowest BCUT2D eigenvalue weighted by molar-refractivity contribution is -0.384. The SMILES string of the molecule is C[C@@H](Nc1ccc(C(=O)N(C)CCN(C)CC(F)F)cc1[N+](=O)[O-])c1ccccn1. The Labute approximate surface area is 173 Å². The molecule has 30 heavy (non-hydrogen) atoms. The molecule has 1 heterocycles. The van der Waals surface area contributed by atoms with Crippen LogP contribution >= 0.6 is 0 Å². The first-order valence-corrected chi connectivity index (χ1v) is 9.37. The van der Waals surface area contributed by atoms with Crippen LogP contribution in [0.1, 0.15) is 29.0 Å². The molecule has 1 amide bonds. The highest BCUT2D eigenvalue weighted by Crippen LogP contribution is 2.29. The van der Waals surface area contributed by atoms with Crippen LogP contribution in [0, 0.1) is 10.1 Å².